The molecule has 1 aromatic rings. The van der Waals surface area contributed by atoms with Crippen molar-refractivity contribution in [2.24, 2.45) is 5.73 Å². The molecule has 0 radical (unpaired) electrons. The van der Waals surface area contributed by atoms with Gasteiger partial charge in [0.15, 0.2) is 0 Å². The number of hydrogen-bond donors (Lipinski definition) is 1. The zero-order valence-corrected chi connectivity index (χ0v) is 12.6. The van der Waals surface area contributed by atoms with Gasteiger partial charge in [0.05, 0.1) is 13.0 Å². The second kappa shape index (κ2) is 6.20. The van der Waals surface area contributed by atoms with Gasteiger partial charge in [-0.05, 0) is 30.4 Å². The average molecular weight is 263 g/mol. The summed E-state index contributed by atoms with van der Waals surface area (Å²) in [6.45, 7) is 10.8. The summed E-state index contributed by atoms with van der Waals surface area (Å²) in [4.78, 5) is 11.5. The van der Waals surface area contributed by atoms with Crippen LogP contribution in [0.1, 0.15) is 56.8 Å². The van der Waals surface area contributed by atoms with Gasteiger partial charge in [0, 0.05) is 6.04 Å². The molecule has 0 aromatic heterocycles. The van der Waals surface area contributed by atoms with Crippen molar-refractivity contribution >= 4 is 5.97 Å². The first-order valence-corrected chi connectivity index (χ1v) is 6.77. The molecule has 0 heterocycles. The zero-order chi connectivity index (χ0) is 14.6. The Bertz CT molecular complexity index is 447. The van der Waals surface area contributed by atoms with Crippen LogP contribution in [0, 0.1) is 6.92 Å². The molecule has 0 aliphatic carbocycles. The maximum atomic E-state index is 11.5. The molecule has 0 aliphatic heterocycles. The minimum atomic E-state index is -0.306. The van der Waals surface area contributed by atoms with E-state index in [9.17, 15) is 4.79 Å². The molecule has 2 N–H and O–H groups in total. The fourth-order valence-electron chi connectivity index (χ4n) is 1.98. The van der Waals surface area contributed by atoms with Crippen LogP contribution in [0.25, 0.3) is 0 Å². The molecular weight excluding hydrogens is 238 g/mol. The van der Waals surface area contributed by atoms with E-state index in [4.69, 9.17) is 10.5 Å². The van der Waals surface area contributed by atoms with E-state index < -0.39 is 0 Å². The van der Waals surface area contributed by atoms with Crippen LogP contribution in [0.4, 0.5) is 0 Å². The topological polar surface area (TPSA) is 52.3 Å². The highest BCUT2D eigenvalue weighted by atomic mass is 16.5. The van der Waals surface area contributed by atoms with Crippen LogP contribution in [0.5, 0.6) is 0 Å². The Labute approximate surface area is 116 Å². The first kappa shape index (κ1) is 15.7. The van der Waals surface area contributed by atoms with Gasteiger partial charge >= 0.3 is 5.97 Å². The van der Waals surface area contributed by atoms with Gasteiger partial charge in [0.2, 0.25) is 0 Å². The summed E-state index contributed by atoms with van der Waals surface area (Å²) >= 11 is 0. The van der Waals surface area contributed by atoms with Crippen molar-refractivity contribution in [2.75, 3.05) is 6.61 Å². The van der Waals surface area contributed by atoms with Crippen LogP contribution in [0.3, 0.4) is 0 Å². The first-order valence-electron chi connectivity index (χ1n) is 6.77. The number of esters is 1. The lowest BCUT2D eigenvalue weighted by Crippen LogP contribution is -2.19. The van der Waals surface area contributed by atoms with Crippen molar-refractivity contribution in [1.82, 2.24) is 0 Å². The molecule has 3 nitrogen and oxygen atoms in total. The smallest absolute Gasteiger partial charge is 0.307 e. The molecule has 1 aromatic carbocycles. The number of carbonyl (C=O) groups is 1. The fourth-order valence-corrected chi connectivity index (χ4v) is 1.98. The quantitative estimate of drug-likeness (QED) is 0.848. The second-order valence-electron chi connectivity index (χ2n) is 6.00. The van der Waals surface area contributed by atoms with Gasteiger partial charge in [-0.2, -0.15) is 0 Å². The number of ether oxygens (including phenoxy) is 1. The highest BCUT2D eigenvalue weighted by Crippen LogP contribution is 2.27. The largest absolute Gasteiger partial charge is 0.466 e. The number of carbonyl (C=O) groups excluding carboxylic acids is 1. The molecule has 106 valence electrons. The molecular formula is C16H25NO2. The highest BCUT2D eigenvalue weighted by molar-refractivity contribution is 5.70. The summed E-state index contributed by atoms with van der Waals surface area (Å²) < 4.78 is 4.94. The lowest BCUT2D eigenvalue weighted by Gasteiger charge is -2.22. The lowest BCUT2D eigenvalue weighted by molar-refractivity contribution is -0.143. The van der Waals surface area contributed by atoms with E-state index in [2.05, 4.69) is 39.8 Å². The third kappa shape index (κ3) is 4.67. The SMILES string of the molecule is CCOC(=O)C[C@@H](N)c1cc(C)cc(C(C)(C)C)c1. The molecule has 0 spiro atoms. The molecule has 3 heteroatoms. The van der Waals surface area contributed by atoms with Gasteiger partial charge in [-0.1, -0.05) is 44.5 Å². The van der Waals surface area contributed by atoms with E-state index in [1.165, 1.54) is 11.1 Å². The van der Waals surface area contributed by atoms with Crippen molar-refractivity contribution in [3.05, 3.63) is 34.9 Å². The number of nitrogens with two attached hydrogens (primary N) is 1. The summed E-state index contributed by atoms with van der Waals surface area (Å²) in [7, 11) is 0. The predicted octanol–water partition coefficient (Wildman–Crippen LogP) is 3.25. The van der Waals surface area contributed by atoms with Gasteiger partial charge in [-0.25, -0.2) is 0 Å². The molecule has 0 saturated carbocycles. The molecule has 0 amide bonds. The van der Waals surface area contributed by atoms with E-state index in [0.717, 1.165) is 5.56 Å². The molecule has 19 heavy (non-hydrogen) atoms. The molecule has 0 aliphatic rings. The van der Waals surface area contributed by atoms with Crippen molar-refractivity contribution in [2.45, 2.75) is 52.5 Å². The minimum absolute atomic E-state index is 0.0738. The van der Waals surface area contributed by atoms with Crippen LogP contribution in [-0.4, -0.2) is 12.6 Å². The maximum absolute atomic E-state index is 11.5. The van der Waals surface area contributed by atoms with E-state index in [1.54, 1.807) is 6.92 Å². The Kier molecular flexibility index (Phi) is 5.12. The van der Waals surface area contributed by atoms with Crippen LogP contribution in [0.2, 0.25) is 0 Å². The minimum Gasteiger partial charge on any atom is -0.466 e. The first-order chi connectivity index (χ1) is 8.74. The van der Waals surface area contributed by atoms with Crippen LogP contribution < -0.4 is 5.73 Å². The number of hydrogen-bond acceptors (Lipinski definition) is 3. The predicted molar refractivity (Wildman–Crippen MR) is 78.1 cm³/mol. The maximum Gasteiger partial charge on any atom is 0.307 e. The number of rotatable bonds is 4. The van der Waals surface area contributed by atoms with E-state index in [1.807, 2.05) is 6.07 Å². The number of aryl methyl sites for hydroxylation is 1. The standard InChI is InChI=1S/C16H25NO2/c1-6-19-15(18)10-14(17)12-7-11(2)8-13(9-12)16(3,4)5/h7-9,14H,6,10,17H2,1-5H3/t14-/m1/s1. The Morgan fingerprint density at radius 3 is 2.47 bits per heavy atom. The summed E-state index contributed by atoms with van der Waals surface area (Å²) in [5.74, 6) is -0.242. The van der Waals surface area contributed by atoms with E-state index >= 15 is 0 Å². The Morgan fingerprint density at radius 2 is 1.95 bits per heavy atom. The second-order valence-corrected chi connectivity index (χ2v) is 6.00. The summed E-state index contributed by atoms with van der Waals surface area (Å²) in [5, 5.41) is 0. The van der Waals surface area contributed by atoms with Crippen molar-refractivity contribution in [3.8, 4) is 0 Å². The lowest BCUT2D eigenvalue weighted by atomic mass is 9.84. The highest BCUT2D eigenvalue weighted by Gasteiger charge is 2.18. The van der Waals surface area contributed by atoms with Crippen LogP contribution in [0.15, 0.2) is 18.2 Å². The van der Waals surface area contributed by atoms with Gasteiger partial charge < -0.3 is 10.5 Å². The Hall–Kier alpha value is -1.35. The van der Waals surface area contributed by atoms with Gasteiger partial charge in [0.1, 0.15) is 0 Å². The summed E-state index contributed by atoms with van der Waals surface area (Å²) in [6.07, 6.45) is 0.223. The monoisotopic (exact) mass is 263 g/mol. The normalized spacial score (nSPS) is 13.2. The van der Waals surface area contributed by atoms with Crippen molar-refractivity contribution < 1.29 is 9.53 Å². The molecule has 0 bridgehead atoms. The van der Waals surface area contributed by atoms with Crippen LogP contribution >= 0.6 is 0 Å². The van der Waals surface area contributed by atoms with E-state index in [-0.39, 0.29) is 23.8 Å². The van der Waals surface area contributed by atoms with Gasteiger partial charge in [0.25, 0.3) is 0 Å². The van der Waals surface area contributed by atoms with Crippen molar-refractivity contribution in [3.63, 3.8) is 0 Å². The molecule has 0 saturated heterocycles. The van der Waals surface area contributed by atoms with Gasteiger partial charge in [-0.15, -0.1) is 0 Å². The van der Waals surface area contributed by atoms with Gasteiger partial charge in [-0.3, -0.25) is 4.79 Å². The molecule has 1 atom stereocenters. The molecule has 1 rings (SSSR count). The Balaban J connectivity index is 2.94. The van der Waals surface area contributed by atoms with Crippen LogP contribution in [-0.2, 0) is 14.9 Å². The Morgan fingerprint density at radius 1 is 1.32 bits per heavy atom. The molecule has 0 unspecified atom stereocenters. The summed E-state index contributed by atoms with van der Waals surface area (Å²) in [5.41, 5.74) is 9.58. The van der Waals surface area contributed by atoms with E-state index in [0.29, 0.717) is 6.61 Å². The third-order valence-electron chi connectivity index (χ3n) is 3.09. The van der Waals surface area contributed by atoms with Crippen molar-refractivity contribution in [1.29, 1.82) is 0 Å². The zero-order valence-electron chi connectivity index (χ0n) is 12.6. The number of benzene rings is 1. The fraction of sp³-hybridized carbons (Fsp3) is 0.562. The summed E-state index contributed by atoms with van der Waals surface area (Å²) in [6, 6.07) is 6.00. The third-order valence-corrected chi connectivity index (χ3v) is 3.09. The average Bonchev–Trinajstić information content (AvgIpc) is 2.27. The molecule has 0 fully saturated rings.